The lowest BCUT2D eigenvalue weighted by Gasteiger charge is -2.27. The number of aliphatic hydroxyl groups excluding tert-OH is 1. The first-order valence-electron chi connectivity index (χ1n) is 7.95. The van der Waals surface area contributed by atoms with E-state index in [1.54, 1.807) is 0 Å². The molecular formula is C19H20N2O. The van der Waals surface area contributed by atoms with Gasteiger partial charge in [-0.2, -0.15) is 0 Å². The summed E-state index contributed by atoms with van der Waals surface area (Å²) in [7, 11) is 0. The summed E-state index contributed by atoms with van der Waals surface area (Å²) in [5.41, 5.74) is 5.25. The SMILES string of the molecule is Cc1cn(C2CCC2)c2nc(-c3ccccc3CO)ccc12. The maximum absolute atomic E-state index is 9.55. The normalized spacial score (nSPS) is 15.2. The second kappa shape index (κ2) is 5.25. The molecule has 1 saturated carbocycles. The van der Waals surface area contributed by atoms with Gasteiger partial charge in [-0.05, 0) is 49.4 Å². The molecule has 1 aromatic carbocycles. The number of benzene rings is 1. The summed E-state index contributed by atoms with van der Waals surface area (Å²) in [5, 5.41) is 10.8. The van der Waals surface area contributed by atoms with Crippen LogP contribution >= 0.6 is 0 Å². The Morgan fingerprint density at radius 3 is 2.73 bits per heavy atom. The van der Waals surface area contributed by atoms with Crippen LogP contribution in [0.4, 0.5) is 0 Å². The Morgan fingerprint density at radius 2 is 2.00 bits per heavy atom. The van der Waals surface area contributed by atoms with Gasteiger partial charge >= 0.3 is 0 Å². The molecule has 3 heteroatoms. The molecule has 0 unspecified atom stereocenters. The van der Waals surface area contributed by atoms with Gasteiger partial charge in [-0.15, -0.1) is 0 Å². The van der Waals surface area contributed by atoms with Crippen LogP contribution < -0.4 is 0 Å². The molecule has 2 aromatic heterocycles. The molecule has 0 spiro atoms. The molecule has 4 rings (SSSR count). The summed E-state index contributed by atoms with van der Waals surface area (Å²) in [6.45, 7) is 2.19. The molecule has 22 heavy (non-hydrogen) atoms. The molecule has 0 aliphatic heterocycles. The topological polar surface area (TPSA) is 38.0 Å². The molecule has 3 aromatic rings. The summed E-state index contributed by atoms with van der Waals surface area (Å²) < 4.78 is 2.35. The van der Waals surface area contributed by atoms with Crippen molar-refractivity contribution in [1.29, 1.82) is 0 Å². The first kappa shape index (κ1) is 13.5. The van der Waals surface area contributed by atoms with Crippen molar-refractivity contribution >= 4 is 11.0 Å². The summed E-state index contributed by atoms with van der Waals surface area (Å²) >= 11 is 0. The van der Waals surface area contributed by atoms with Crippen LogP contribution in [0.15, 0.2) is 42.6 Å². The highest BCUT2D eigenvalue weighted by Crippen LogP contribution is 2.36. The van der Waals surface area contributed by atoms with Crippen LogP contribution in [0.25, 0.3) is 22.3 Å². The molecule has 1 N–H and O–H groups in total. The largest absolute Gasteiger partial charge is 0.392 e. The van der Waals surface area contributed by atoms with Crippen LogP contribution in [0.5, 0.6) is 0 Å². The van der Waals surface area contributed by atoms with Crippen molar-refractivity contribution in [3.05, 3.63) is 53.7 Å². The first-order valence-corrected chi connectivity index (χ1v) is 7.95. The summed E-state index contributed by atoms with van der Waals surface area (Å²) in [6, 6.07) is 12.8. The highest BCUT2D eigenvalue weighted by atomic mass is 16.3. The van der Waals surface area contributed by atoms with Crippen LogP contribution in [0.1, 0.15) is 36.4 Å². The Balaban J connectivity index is 1.89. The zero-order chi connectivity index (χ0) is 15.1. The van der Waals surface area contributed by atoms with Crippen molar-refractivity contribution in [3.63, 3.8) is 0 Å². The lowest BCUT2D eigenvalue weighted by molar-refractivity contribution is 0.282. The van der Waals surface area contributed by atoms with Gasteiger partial charge in [0.2, 0.25) is 0 Å². The van der Waals surface area contributed by atoms with Gasteiger partial charge in [0.15, 0.2) is 0 Å². The van der Waals surface area contributed by atoms with E-state index in [4.69, 9.17) is 4.98 Å². The zero-order valence-corrected chi connectivity index (χ0v) is 12.8. The van der Waals surface area contributed by atoms with Crippen molar-refractivity contribution in [1.82, 2.24) is 9.55 Å². The lowest BCUT2D eigenvalue weighted by Crippen LogP contribution is -2.16. The number of aromatic nitrogens is 2. The van der Waals surface area contributed by atoms with E-state index in [1.807, 2.05) is 24.3 Å². The number of aliphatic hydroxyl groups is 1. The third-order valence-electron chi connectivity index (χ3n) is 4.81. The van der Waals surface area contributed by atoms with Crippen LogP contribution in [0.2, 0.25) is 0 Å². The van der Waals surface area contributed by atoms with Crippen molar-refractivity contribution in [3.8, 4) is 11.3 Å². The van der Waals surface area contributed by atoms with E-state index in [0.29, 0.717) is 6.04 Å². The fraction of sp³-hybridized carbons (Fsp3) is 0.316. The third kappa shape index (κ3) is 2.04. The quantitative estimate of drug-likeness (QED) is 0.784. The van der Waals surface area contributed by atoms with E-state index >= 15 is 0 Å². The Kier molecular flexibility index (Phi) is 3.23. The van der Waals surface area contributed by atoms with Crippen molar-refractivity contribution < 1.29 is 5.11 Å². The zero-order valence-electron chi connectivity index (χ0n) is 12.8. The van der Waals surface area contributed by atoms with Gasteiger partial charge in [0, 0.05) is 23.2 Å². The van der Waals surface area contributed by atoms with Gasteiger partial charge < -0.3 is 9.67 Å². The Labute approximate surface area is 130 Å². The van der Waals surface area contributed by atoms with E-state index in [0.717, 1.165) is 22.5 Å². The van der Waals surface area contributed by atoms with Gasteiger partial charge in [0.25, 0.3) is 0 Å². The molecule has 0 amide bonds. The monoisotopic (exact) mass is 292 g/mol. The highest BCUT2D eigenvalue weighted by molar-refractivity contribution is 5.83. The molecular weight excluding hydrogens is 272 g/mol. The van der Waals surface area contributed by atoms with Crippen molar-refractivity contribution in [2.24, 2.45) is 0 Å². The minimum absolute atomic E-state index is 0.0402. The Bertz CT molecular complexity index is 831. The Morgan fingerprint density at radius 1 is 1.18 bits per heavy atom. The molecule has 0 atom stereocenters. The van der Waals surface area contributed by atoms with E-state index in [2.05, 4.69) is 29.8 Å². The standard InChI is InChI=1S/C19H20N2O/c1-13-11-21(15-6-4-7-15)19-16(13)9-10-18(20-19)17-8-3-2-5-14(17)12-22/h2-3,5,8-11,15,22H,4,6-7,12H2,1H3. The average Bonchev–Trinajstić information content (AvgIpc) is 2.82. The summed E-state index contributed by atoms with van der Waals surface area (Å²) in [4.78, 5) is 4.93. The van der Waals surface area contributed by atoms with Crippen LogP contribution in [-0.4, -0.2) is 14.7 Å². The van der Waals surface area contributed by atoms with Crippen LogP contribution in [0.3, 0.4) is 0 Å². The van der Waals surface area contributed by atoms with Gasteiger partial charge in [-0.25, -0.2) is 4.98 Å². The maximum atomic E-state index is 9.55. The first-order chi connectivity index (χ1) is 10.8. The smallest absolute Gasteiger partial charge is 0.141 e. The molecule has 0 radical (unpaired) electrons. The number of hydrogen-bond donors (Lipinski definition) is 1. The van der Waals surface area contributed by atoms with Crippen LogP contribution in [0, 0.1) is 6.92 Å². The predicted octanol–water partition coefficient (Wildman–Crippen LogP) is 4.23. The maximum Gasteiger partial charge on any atom is 0.141 e. The van der Waals surface area contributed by atoms with Gasteiger partial charge in [-0.3, -0.25) is 0 Å². The number of nitrogens with zero attached hydrogens (tertiary/aromatic N) is 2. The lowest BCUT2D eigenvalue weighted by atomic mass is 9.93. The van der Waals surface area contributed by atoms with Gasteiger partial charge in [0.1, 0.15) is 5.65 Å². The van der Waals surface area contributed by atoms with Gasteiger partial charge in [-0.1, -0.05) is 24.3 Å². The van der Waals surface area contributed by atoms with Crippen LogP contribution in [-0.2, 0) is 6.61 Å². The number of aryl methyl sites for hydroxylation is 1. The summed E-state index contributed by atoms with van der Waals surface area (Å²) in [6.07, 6.45) is 6.06. The molecule has 1 aliphatic carbocycles. The number of fused-ring (bicyclic) bond motifs is 1. The van der Waals surface area contributed by atoms with E-state index in [1.165, 1.54) is 30.2 Å². The summed E-state index contributed by atoms with van der Waals surface area (Å²) in [5.74, 6) is 0. The minimum Gasteiger partial charge on any atom is -0.392 e. The molecule has 1 aliphatic rings. The molecule has 0 bridgehead atoms. The number of hydrogen-bond acceptors (Lipinski definition) is 2. The molecule has 112 valence electrons. The molecule has 2 heterocycles. The van der Waals surface area contributed by atoms with E-state index in [-0.39, 0.29) is 6.61 Å². The third-order valence-corrected chi connectivity index (χ3v) is 4.81. The fourth-order valence-electron chi connectivity index (χ4n) is 3.29. The molecule has 3 nitrogen and oxygen atoms in total. The van der Waals surface area contributed by atoms with Crippen molar-refractivity contribution in [2.75, 3.05) is 0 Å². The number of rotatable bonds is 3. The van der Waals surface area contributed by atoms with Crippen molar-refractivity contribution in [2.45, 2.75) is 38.8 Å². The molecule has 1 fully saturated rings. The Hall–Kier alpha value is -2.13. The van der Waals surface area contributed by atoms with Gasteiger partial charge in [0.05, 0.1) is 12.3 Å². The van der Waals surface area contributed by atoms with E-state index in [9.17, 15) is 5.11 Å². The molecule has 0 saturated heterocycles. The highest BCUT2D eigenvalue weighted by Gasteiger charge is 2.22. The van der Waals surface area contributed by atoms with E-state index < -0.39 is 0 Å². The second-order valence-electron chi connectivity index (χ2n) is 6.19. The average molecular weight is 292 g/mol. The second-order valence-corrected chi connectivity index (χ2v) is 6.19. The fourth-order valence-corrected chi connectivity index (χ4v) is 3.29. The minimum atomic E-state index is 0.0402. The number of pyridine rings is 1. The predicted molar refractivity (Wildman–Crippen MR) is 88.7 cm³/mol.